The van der Waals surface area contributed by atoms with Crippen LogP contribution in [0.15, 0.2) is 36.5 Å². The number of amides is 1. The Kier molecular flexibility index (Phi) is 49.3. The fourth-order valence-corrected chi connectivity index (χ4v) is 9.82. The number of unbranched alkanes of at least 4 members (excludes halogenated alkanes) is 39. The summed E-state index contributed by atoms with van der Waals surface area (Å²) in [7, 11) is 0. The summed E-state index contributed by atoms with van der Waals surface area (Å²) in [5.74, 6) is -0.188. The summed E-state index contributed by atoms with van der Waals surface area (Å²) in [5.41, 5.74) is 0. The molecule has 9 heteroatoms. The number of allylic oxidation sites excluding steroid dienone is 5. The molecule has 1 saturated heterocycles. The minimum atomic E-state index is -1.57. The first-order valence-electron chi connectivity index (χ1n) is 30.7. The van der Waals surface area contributed by atoms with Gasteiger partial charge in [0.05, 0.1) is 25.4 Å². The van der Waals surface area contributed by atoms with Crippen LogP contribution in [-0.4, -0.2) is 87.5 Å². The van der Waals surface area contributed by atoms with E-state index in [0.717, 1.165) is 51.4 Å². The molecule has 0 aromatic rings. The van der Waals surface area contributed by atoms with Gasteiger partial charge >= 0.3 is 0 Å². The first-order valence-corrected chi connectivity index (χ1v) is 30.7. The second-order valence-corrected chi connectivity index (χ2v) is 21.5. The summed E-state index contributed by atoms with van der Waals surface area (Å²) >= 11 is 0. The highest BCUT2D eigenvalue weighted by molar-refractivity contribution is 5.76. The molecule has 1 fully saturated rings. The zero-order valence-electron chi connectivity index (χ0n) is 46.5. The van der Waals surface area contributed by atoms with Crippen LogP contribution in [0, 0.1) is 0 Å². The SMILES string of the molecule is CCCCCCCC/C=C\CCCCCCCCCC(=O)NC(COC1OC(CO)C(O)C(O)C1O)C(O)/C=C/CC/C=C/CCCCCCCCCCCCCCCCCCCCCCCCCCC. The van der Waals surface area contributed by atoms with Crippen molar-refractivity contribution in [3.05, 3.63) is 36.5 Å². The van der Waals surface area contributed by atoms with E-state index in [9.17, 15) is 30.3 Å². The van der Waals surface area contributed by atoms with E-state index in [1.54, 1.807) is 6.08 Å². The smallest absolute Gasteiger partial charge is 0.220 e. The second-order valence-electron chi connectivity index (χ2n) is 21.5. The maximum atomic E-state index is 13.0. The van der Waals surface area contributed by atoms with Gasteiger partial charge in [-0.2, -0.15) is 0 Å². The van der Waals surface area contributed by atoms with Crippen molar-refractivity contribution < 1.29 is 39.8 Å². The fourth-order valence-electron chi connectivity index (χ4n) is 9.82. The van der Waals surface area contributed by atoms with E-state index in [0.29, 0.717) is 6.42 Å². The van der Waals surface area contributed by atoms with Gasteiger partial charge < -0.3 is 40.3 Å². The van der Waals surface area contributed by atoms with E-state index >= 15 is 0 Å². The van der Waals surface area contributed by atoms with Crippen LogP contribution < -0.4 is 5.32 Å². The van der Waals surface area contributed by atoms with Crippen LogP contribution in [0.5, 0.6) is 0 Å². The molecule has 0 aliphatic carbocycles. The topological polar surface area (TPSA) is 149 Å². The fraction of sp³-hybridized carbons (Fsp3) is 0.887. The van der Waals surface area contributed by atoms with Gasteiger partial charge in [-0.15, -0.1) is 0 Å². The number of aliphatic hydroxyl groups excluding tert-OH is 5. The third-order valence-electron chi connectivity index (χ3n) is 14.7. The van der Waals surface area contributed by atoms with Gasteiger partial charge in [0.15, 0.2) is 6.29 Å². The van der Waals surface area contributed by atoms with Crippen LogP contribution in [0.3, 0.4) is 0 Å². The van der Waals surface area contributed by atoms with Gasteiger partial charge in [0.1, 0.15) is 24.4 Å². The van der Waals surface area contributed by atoms with Gasteiger partial charge in [-0.3, -0.25) is 4.79 Å². The average Bonchev–Trinajstić information content (AvgIpc) is 3.37. The van der Waals surface area contributed by atoms with Crippen LogP contribution in [0.1, 0.15) is 296 Å². The Morgan fingerprint density at radius 2 is 0.803 bits per heavy atom. The predicted molar refractivity (Wildman–Crippen MR) is 300 cm³/mol. The van der Waals surface area contributed by atoms with E-state index in [1.807, 2.05) is 6.08 Å². The minimum absolute atomic E-state index is 0.188. The monoisotopic (exact) mass is 1000 g/mol. The third-order valence-corrected chi connectivity index (χ3v) is 14.7. The largest absolute Gasteiger partial charge is 0.394 e. The molecule has 1 rings (SSSR count). The second kappa shape index (κ2) is 51.9. The Bertz CT molecular complexity index is 1210. The maximum Gasteiger partial charge on any atom is 0.220 e. The molecule has 0 aromatic carbocycles. The molecule has 71 heavy (non-hydrogen) atoms. The van der Waals surface area contributed by atoms with Crippen LogP contribution in [-0.2, 0) is 14.3 Å². The molecule has 0 bridgehead atoms. The number of ether oxygens (including phenoxy) is 2. The van der Waals surface area contributed by atoms with Crippen molar-refractivity contribution in [3.8, 4) is 0 Å². The molecular weight excluding hydrogens is 887 g/mol. The highest BCUT2D eigenvalue weighted by Crippen LogP contribution is 2.23. The zero-order chi connectivity index (χ0) is 51.5. The summed E-state index contributed by atoms with van der Waals surface area (Å²) in [4.78, 5) is 13.0. The molecule has 1 heterocycles. The summed E-state index contributed by atoms with van der Waals surface area (Å²) < 4.78 is 11.3. The van der Waals surface area contributed by atoms with Gasteiger partial charge in [0.2, 0.25) is 5.91 Å². The molecule has 1 amide bonds. The van der Waals surface area contributed by atoms with Crippen molar-refractivity contribution in [1.29, 1.82) is 0 Å². The minimum Gasteiger partial charge on any atom is -0.394 e. The molecule has 0 radical (unpaired) electrons. The van der Waals surface area contributed by atoms with E-state index in [-0.39, 0.29) is 12.5 Å². The quantitative estimate of drug-likeness (QED) is 0.0261. The summed E-state index contributed by atoms with van der Waals surface area (Å²) in [6.45, 7) is 3.79. The molecule has 0 spiro atoms. The van der Waals surface area contributed by atoms with Crippen LogP contribution in [0.25, 0.3) is 0 Å². The van der Waals surface area contributed by atoms with Crippen molar-refractivity contribution >= 4 is 5.91 Å². The van der Waals surface area contributed by atoms with Gasteiger partial charge in [-0.25, -0.2) is 0 Å². The molecule has 6 N–H and O–H groups in total. The average molecular weight is 1000 g/mol. The van der Waals surface area contributed by atoms with Crippen LogP contribution >= 0.6 is 0 Å². The number of carbonyl (C=O) groups is 1. The normalized spacial score (nSPS) is 19.5. The molecule has 7 unspecified atom stereocenters. The molecule has 0 saturated carbocycles. The number of carbonyl (C=O) groups excluding carboxylic acids is 1. The summed E-state index contributed by atoms with van der Waals surface area (Å²) in [6, 6.07) is -0.824. The molecular formula is C62H117NO8. The highest BCUT2D eigenvalue weighted by Gasteiger charge is 2.44. The number of hydrogen-bond donors (Lipinski definition) is 6. The highest BCUT2D eigenvalue weighted by atomic mass is 16.7. The van der Waals surface area contributed by atoms with Crippen molar-refractivity contribution in [3.63, 3.8) is 0 Å². The zero-order valence-corrected chi connectivity index (χ0v) is 46.5. The Hall–Kier alpha value is -1.59. The van der Waals surface area contributed by atoms with E-state index in [1.165, 1.54) is 225 Å². The maximum absolute atomic E-state index is 13.0. The van der Waals surface area contributed by atoms with Gasteiger partial charge in [0.25, 0.3) is 0 Å². The lowest BCUT2D eigenvalue weighted by Crippen LogP contribution is -2.60. The number of hydrogen-bond acceptors (Lipinski definition) is 8. The summed E-state index contributed by atoms with van der Waals surface area (Å²) in [5, 5.41) is 54.5. The lowest BCUT2D eigenvalue weighted by atomic mass is 9.99. The van der Waals surface area contributed by atoms with Crippen molar-refractivity contribution in [2.45, 2.75) is 339 Å². The third kappa shape index (κ3) is 41.4. The molecule has 0 aromatic heterocycles. The van der Waals surface area contributed by atoms with Crippen molar-refractivity contribution in [2.24, 2.45) is 0 Å². The van der Waals surface area contributed by atoms with Gasteiger partial charge in [-0.05, 0) is 57.8 Å². The summed E-state index contributed by atoms with van der Waals surface area (Å²) in [6.07, 6.45) is 60.9. The van der Waals surface area contributed by atoms with Crippen LogP contribution in [0.2, 0.25) is 0 Å². The molecule has 9 nitrogen and oxygen atoms in total. The first-order chi connectivity index (χ1) is 34.8. The predicted octanol–water partition coefficient (Wildman–Crippen LogP) is 15.5. The van der Waals surface area contributed by atoms with Crippen LogP contribution in [0.4, 0.5) is 0 Å². The van der Waals surface area contributed by atoms with Crippen molar-refractivity contribution in [1.82, 2.24) is 5.32 Å². The molecule has 7 atom stereocenters. The van der Waals surface area contributed by atoms with Gasteiger partial charge in [0, 0.05) is 6.42 Å². The van der Waals surface area contributed by atoms with Gasteiger partial charge in [-0.1, -0.05) is 269 Å². The number of nitrogens with one attached hydrogen (secondary N) is 1. The van der Waals surface area contributed by atoms with E-state index in [4.69, 9.17) is 9.47 Å². The molecule has 418 valence electrons. The lowest BCUT2D eigenvalue weighted by molar-refractivity contribution is -0.302. The number of aliphatic hydroxyl groups is 5. The standard InChI is InChI=1S/C62H117NO8/c1-3-5-7-9-11-13-15-17-19-21-22-23-24-25-26-27-28-29-30-31-32-33-34-36-37-39-41-43-45-47-49-51-56(65)55(54-70-62-61(69)60(68)59(67)57(53-64)71-62)63-58(66)52-50-48-46-44-42-40-38-35-20-18-16-14-12-10-8-6-4-2/h18,20,41,43,49,51,55-57,59-62,64-65,67-69H,3-17,19,21-40,42,44-48,50,52-54H2,1-2H3,(H,63,66)/b20-18-,43-41+,51-49+. The Balaban J connectivity index is 2.18. The van der Waals surface area contributed by atoms with E-state index in [2.05, 4.69) is 43.5 Å². The Labute approximate surface area is 438 Å². The Morgan fingerprint density at radius 3 is 1.18 bits per heavy atom. The first kappa shape index (κ1) is 67.4. The van der Waals surface area contributed by atoms with Crippen molar-refractivity contribution in [2.75, 3.05) is 13.2 Å². The molecule has 1 aliphatic rings. The van der Waals surface area contributed by atoms with E-state index < -0.39 is 49.5 Å². The Morgan fingerprint density at radius 1 is 0.465 bits per heavy atom. The molecule has 1 aliphatic heterocycles. The number of rotatable bonds is 53. The lowest BCUT2D eigenvalue weighted by Gasteiger charge is -2.40.